The quantitative estimate of drug-likeness (QED) is 0.738. The monoisotopic (exact) mass is 197 g/mol. The molecule has 0 amide bonds. The standard InChI is InChI=1S/C12H23NO/c13-10-12(8-4-5-9-14-12)11-6-2-1-3-7-11/h11H,1-10,13H2. The molecule has 0 radical (unpaired) electrons. The van der Waals surface area contributed by atoms with Crippen LogP contribution in [0.2, 0.25) is 0 Å². The van der Waals surface area contributed by atoms with E-state index in [9.17, 15) is 0 Å². The fourth-order valence-corrected chi connectivity index (χ4v) is 3.15. The molecule has 1 heterocycles. The summed E-state index contributed by atoms with van der Waals surface area (Å²) >= 11 is 0. The molecule has 0 aromatic heterocycles. The van der Waals surface area contributed by atoms with E-state index in [1.165, 1.54) is 51.4 Å². The van der Waals surface area contributed by atoms with Gasteiger partial charge in [0.05, 0.1) is 5.60 Å². The lowest BCUT2D eigenvalue weighted by Gasteiger charge is -2.44. The molecule has 82 valence electrons. The molecule has 2 nitrogen and oxygen atoms in total. The summed E-state index contributed by atoms with van der Waals surface area (Å²) in [5, 5.41) is 0. The molecule has 2 heteroatoms. The summed E-state index contributed by atoms with van der Waals surface area (Å²) in [6, 6.07) is 0. The summed E-state index contributed by atoms with van der Waals surface area (Å²) in [6.07, 6.45) is 10.6. The molecule has 2 rings (SSSR count). The summed E-state index contributed by atoms with van der Waals surface area (Å²) < 4.78 is 6.03. The van der Waals surface area contributed by atoms with Crippen LogP contribution in [0.3, 0.4) is 0 Å². The van der Waals surface area contributed by atoms with Gasteiger partial charge in [0.15, 0.2) is 0 Å². The van der Waals surface area contributed by atoms with Gasteiger partial charge in [0.25, 0.3) is 0 Å². The number of ether oxygens (including phenoxy) is 1. The Bertz CT molecular complexity index is 169. The summed E-state index contributed by atoms with van der Waals surface area (Å²) in [6.45, 7) is 1.67. The maximum Gasteiger partial charge on any atom is 0.0832 e. The highest BCUT2D eigenvalue weighted by Crippen LogP contribution is 2.39. The lowest BCUT2D eigenvalue weighted by Crippen LogP contribution is -2.50. The zero-order valence-electron chi connectivity index (χ0n) is 9.13. The molecule has 0 bridgehead atoms. The Morgan fingerprint density at radius 2 is 1.86 bits per heavy atom. The van der Waals surface area contributed by atoms with Crippen molar-refractivity contribution in [3.63, 3.8) is 0 Å². The van der Waals surface area contributed by atoms with E-state index in [2.05, 4.69) is 0 Å². The second-order valence-corrected chi connectivity index (χ2v) is 4.91. The Morgan fingerprint density at radius 3 is 2.43 bits per heavy atom. The molecule has 0 aromatic rings. The Hall–Kier alpha value is -0.0800. The van der Waals surface area contributed by atoms with Crippen LogP contribution >= 0.6 is 0 Å². The zero-order valence-corrected chi connectivity index (χ0v) is 9.13. The van der Waals surface area contributed by atoms with Crippen LogP contribution in [-0.4, -0.2) is 18.8 Å². The molecule has 1 saturated carbocycles. The van der Waals surface area contributed by atoms with Crippen molar-refractivity contribution in [1.82, 2.24) is 0 Å². The highest BCUT2D eigenvalue weighted by atomic mass is 16.5. The van der Waals surface area contributed by atoms with E-state index < -0.39 is 0 Å². The Labute approximate surface area is 87.2 Å². The molecule has 1 aliphatic carbocycles. The van der Waals surface area contributed by atoms with E-state index in [0.717, 1.165) is 19.1 Å². The third-order valence-electron chi connectivity index (χ3n) is 4.08. The van der Waals surface area contributed by atoms with Crippen molar-refractivity contribution in [3.8, 4) is 0 Å². The first-order valence-corrected chi connectivity index (χ1v) is 6.21. The van der Waals surface area contributed by atoms with Crippen LogP contribution in [0.4, 0.5) is 0 Å². The van der Waals surface area contributed by atoms with Gasteiger partial charge < -0.3 is 10.5 Å². The molecule has 2 aliphatic rings. The largest absolute Gasteiger partial charge is 0.373 e. The van der Waals surface area contributed by atoms with E-state index in [0.29, 0.717) is 0 Å². The average Bonchev–Trinajstić information content (AvgIpc) is 2.31. The highest BCUT2D eigenvalue weighted by Gasteiger charge is 2.40. The van der Waals surface area contributed by atoms with Crippen molar-refractivity contribution in [1.29, 1.82) is 0 Å². The maximum absolute atomic E-state index is 6.03. The number of hydrogen-bond donors (Lipinski definition) is 1. The van der Waals surface area contributed by atoms with Crippen LogP contribution in [0, 0.1) is 5.92 Å². The molecule has 14 heavy (non-hydrogen) atoms. The van der Waals surface area contributed by atoms with Gasteiger partial charge in [-0.15, -0.1) is 0 Å². The lowest BCUT2D eigenvalue weighted by atomic mass is 9.73. The van der Waals surface area contributed by atoms with Gasteiger partial charge in [-0.2, -0.15) is 0 Å². The van der Waals surface area contributed by atoms with Gasteiger partial charge in [-0.05, 0) is 38.0 Å². The minimum absolute atomic E-state index is 0.0681. The second kappa shape index (κ2) is 4.63. The van der Waals surface area contributed by atoms with Gasteiger partial charge in [0.2, 0.25) is 0 Å². The van der Waals surface area contributed by atoms with Crippen molar-refractivity contribution in [3.05, 3.63) is 0 Å². The third kappa shape index (κ3) is 1.96. The van der Waals surface area contributed by atoms with Crippen molar-refractivity contribution < 1.29 is 4.74 Å². The van der Waals surface area contributed by atoms with E-state index in [4.69, 9.17) is 10.5 Å². The second-order valence-electron chi connectivity index (χ2n) is 4.91. The summed E-state index contributed by atoms with van der Waals surface area (Å²) in [4.78, 5) is 0. The van der Waals surface area contributed by atoms with E-state index in [1.807, 2.05) is 0 Å². The predicted molar refractivity (Wildman–Crippen MR) is 58.2 cm³/mol. The van der Waals surface area contributed by atoms with Crippen LogP contribution in [0.1, 0.15) is 51.4 Å². The lowest BCUT2D eigenvalue weighted by molar-refractivity contribution is -0.117. The molecule has 2 N–H and O–H groups in total. The topological polar surface area (TPSA) is 35.2 Å². The van der Waals surface area contributed by atoms with Gasteiger partial charge in [0, 0.05) is 13.2 Å². The number of nitrogens with two attached hydrogens (primary N) is 1. The van der Waals surface area contributed by atoms with Gasteiger partial charge in [0.1, 0.15) is 0 Å². The van der Waals surface area contributed by atoms with Crippen LogP contribution in [0.15, 0.2) is 0 Å². The van der Waals surface area contributed by atoms with E-state index >= 15 is 0 Å². The van der Waals surface area contributed by atoms with Crippen molar-refractivity contribution in [2.75, 3.05) is 13.2 Å². The van der Waals surface area contributed by atoms with E-state index in [1.54, 1.807) is 0 Å². The molecular formula is C12H23NO. The van der Waals surface area contributed by atoms with Gasteiger partial charge in [-0.25, -0.2) is 0 Å². The zero-order chi connectivity index (χ0) is 9.86. The van der Waals surface area contributed by atoms with Crippen LogP contribution < -0.4 is 5.73 Å². The highest BCUT2D eigenvalue weighted by molar-refractivity contribution is 4.92. The minimum atomic E-state index is 0.0681. The number of rotatable bonds is 2. The molecule has 0 spiro atoms. The summed E-state index contributed by atoms with van der Waals surface area (Å²) in [5.74, 6) is 0.751. The molecular weight excluding hydrogens is 174 g/mol. The fourth-order valence-electron chi connectivity index (χ4n) is 3.15. The number of hydrogen-bond acceptors (Lipinski definition) is 2. The molecule has 1 aliphatic heterocycles. The smallest absolute Gasteiger partial charge is 0.0832 e. The van der Waals surface area contributed by atoms with Crippen molar-refractivity contribution >= 4 is 0 Å². The Balaban J connectivity index is 2.01. The third-order valence-corrected chi connectivity index (χ3v) is 4.08. The average molecular weight is 197 g/mol. The molecule has 1 saturated heterocycles. The van der Waals surface area contributed by atoms with Crippen LogP contribution in [0.25, 0.3) is 0 Å². The minimum Gasteiger partial charge on any atom is -0.373 e. The molecule has 1 unspecified atom stereocenters. The predicted octanol–water partition coefficient (Wildman–Crippen LogP) is 2.46. The first-order chi connectivity index (χ1) is 6.87. The van der Waals surface area contributed by atoms with Crippen LogP contribution in [0.5, 0.6) is 0 Å². The SMILES string of the molecule is NCC1(C2CCCCC2)CCCCO1. The first kappa shape index (κ1) is 10.4. The molecule has 0 aromatic carbocycles. The normalized spacial score (nSPS) is 35.8. The summed E-state index contributed by atoms with van der Waals surface area (Å²) in [5.41, 5.74) is 6.01. The van der Waals surface area contributed by atoms with Gasteiger partial charge in [-0.1, -0.05) is 19.3 Å². The molecule has 2 fully saturated rings. The van der Waals surface area contributed by atoms with Crippen LogP contribution in [-0.2, 0) is 4.74 Å². The first-order valence-electron chi connectivity index (χ1n) is 6.21. The summed E-state index contributed by atoms with van der Waals surface area (Å²) in [7, 11) is 0. The maximum atomic E-state index is 6.03. The Kier molecular flexibility index (Phi) is 3.45. The fraction of sp³-hybridized carbons (Fsp3) is 1.00. The van der Waals surface area contributed by atoms with Crippen molar-refractivity contribution in [2.24, 2.45) is 11.7 Å². The Morgan fingerprint density at radius 1 is 1.07 bits per heavy atom. The van der Waals surface area contributed by atoms with Gasteiger partial charge in [-0.3, -0.25) is 0 Å². The van der Waals surface area contributed by atoms with Gasteiger partial charge >= 0.3 is 0 Å². The molecule has 1 atom stereocenters. The van der Waals surface area contributed by atoms with Crippen molar-refractivity contribution in [2.45, 2.75) is 57.0 Å². The van der Waals surface area contributed by atoms with E-state index in [-0.39, 0.29) is 5.60 Å².